The van der Waals surface area contributed by atoms with E-state index in [9.17, 15) is 4.79 Å². The number of hydrogen-bond donors (Lipinski definition) is 3. The standard InChI is InChI=1S/C16H22N2O3/c1-3-16(2,8-9-19)18-15(20)17-11-13-10-12-6-4-5-7-14(12)21-13/h4-7,10,19H,3,8-9,11H2,1-2H3,(H2,17,18,20). The number of para-hydroxylation sites is 1. The Labute approximate surface area is 124 Å². The molecule has 0 saturated carbocycles. The van der Waals surface area contributed by atoms with Gasteiger partial charge in [0.05, 0.1) is 6.54 Å². The molecular weight excluding hydrogens is 268 g/mol. The Balaban J connectivity index is 1.91. The van der Waals surface area contributed by atoms with Crippen molar-refractivity contribution in [3.8, 4) is 0 Å². The number of furan rings is 1. The third-order valence-electron chi connectivity index (χ3n) is 3.76. The summed E-state index contributed by atoms with van der Waals surface area (Å²) in [5.74, 6) is 0.715. The molecule has 0 saturated heterocycles. The number of amides is 2. The molecule has 0 radical (unpaired) electrons. The van der Waals surface area contributed by atoms with Gasteiger partial charge in [0.25, 0.3) is 0 Å². The Morgan fingerprint density at radius 1 is 1.38 bits per heavy atom. The van der Waals surface area contributed by atoms with Gasteiger partial charge in [0, 0.05) is 17.5 Å². The van der Waals surface area contributed by atoms with Gasteiger partial charge in [0.1, 0.15) is 11.3 Å². The third-order valence-corrected chi connectivity index (χ3v) is 3.76. The van der Waals surface area contributed by atoms with Crippen molar-refractivity contribution in [2.75, 3.05) is 6.61 Å². The Morgan fingerprint density at radius 3 is 2.81 bits per heavy atom. The Morgan fingerprint density at radius 2 is 2.14 bits per heavy atom. The minimum atomic E-state index is -0.396. The van der Waals surface area contributed by atoms with Crippen LogP contribution in [0.2, 0.25) is 0 Å². The maximum atomic E-state index is 11.9. The van der Waals surface area contributed by atoms with E-state index < -0.39 is 5.54 Å². The van der Waals surface area contributed by atoms with Gasteiger partial charge in [-0.3, -0.25) is 0 Å². The summed E-state index contributed by atoms with van der Waals surface area (Å²) in [5, 5.41) is 15.7. The Hall–Kier alpha value is -2.01. The molecule has 1 unspecified atom stereocenters. The smallest absolute Gasteiger partial charge is 0.315 e. The maximum Gasteiger partial charge on any atom is 0.315 e. The zero-order valence-electron chi connectivity index (χ0n) is 12.5. The SMILES string of the molecule is CCC(C)(CCO)NC(=O)NCc1cc2ccccc2o1. The van der Waals surface area contributed by atoms with E-state index in [1.807, 2.05) is 44.2 Å². The molecule has 2 amide bonds. The number of rotatable bonds is 6. The number of carbonyl (C=O) groups excluding carboxylic acids is 1. The average Bonchev–Trinajstić information content (AvgIpc) is 2.88. The molecule has 2 rings (SSSR count). The van der Waals surface area contributed by atoms with E-state index in [1.54, 1.807) is 0 Å². The van der Waals surface area contributed by atoms with E-state index in [0.717, 1.165) is 17.4 Å². The number of benzene rings is 1. The molecule has 0 spiro atoms. The van der Waals surface area contributed by atoms with Gasteiger partial charge in [-0.15, -0.1) is 0 Å². The van der Waals surface area contributed by atoms with Crippen LogP contribution in [0.25, 0.3) is 11.0 Å². The minimum Gasteiger partial charge on any atom is -0.459 e. The number of carbonyl (C=O) groups is 1. The van der Waals surface area contributed by atoms with Gasteiger partial charge in [-0.25, -0.2) is 4.79 Å². The van der Waals surface area contributed by atoms with E-state index in [-0.39, 0.29) is 12.6 Å². The molecule has 0 bridgehead atoms. The second-order valence-electron chi connectivity index (χ2n) is 5.45. The molecule has 0 fully saturated rings. The summed E-state index contributed by atoms with van der Waals surface area (Å²) in [5.41, 5.74) is 0.417. The predicted octanol–water partition coefficient (Wildman–Crippen LogP) is 2.78. The largest absolute Gasteiger partial charge is 0.459 e. The molecule has 1 aromatic heterocycles. The second kappa shape index (κ2) is 6.63. The quantitative estimate of drug-likeness (QED) is 0.766. The van der Waals surface area contributed by atoms with Crippen LogP contribution in [0.1, 0.15) is 32.4 Å². The van der Waals surface area contributed by atoms with Gasteiger partial charge < -0.3 is 20.2 Å². The lowest BCUT2D eigenvalue weighted by Gasteiger charge is -2.28. The monoisotopic (exact) mass is 290 g/mol. The molecule has 5 heteroatoms. The van der Waals surface area contributed by atoms with Gasteiger partial charge in [-0.05, 0) is 31.9 Å². The fraction of sp³-hybridized carbons (Fsp3) is 0.438. The molecule has 2 aromatic rings. The summed E-state index contributed by atoms with van der Waals surface area (Å²) in [7, 11) is 0. The van der Waals surface area contributed by atoms with E-state index in [1.165, 1.54) is 0 Å². The summed E-state index contributed by atoms with van der Waals surface area (Å²) < 4.78 is 5.64. The highest BCUT2D eigenvalue weighted by Gasteiger charge is 2.23. The lowest BCUT2D eigenvalue weighted by Crippen LogP contribution is -2.50. The number of urea groups is 1. The molecule has 5 nitrogen and oxygen atoms in total. The first-order valence-corrected chi connectivity index (χ1v) is 7.20. The first-order valence-electron chi connectivity index (χ1n) is 7.20. The zero-order valence-corrected chi connectivity index (χ0v) is 12.5. The van der Waals surface area contributed by atoms with Crippen LogP contribution >= 0.6 is 0 Å². The number of hydrogen-bond acceptors (Lipinski definition) is 3. The van der Waals surface area contributed by atoms with E-state index in [2.05, 4.69) is 10.6 Å². The van der Waals surface area contributed by atoms with Crippen LogP contribution in [0.3, 0.4) is 0 Å². The molecule has 3 N–H and O–H groups in total. The Bertz CT molecular complexity index is 575. The van der Waals surface area contributed by atoms with Crippen molar-refractivity contribution >= 4 is 17.0 Å². The fourth-order valence-electron chi connectivity index (χ4n) is 2.18. The van der Waals surface area contributed by atoms with Crippen LogP contribution in [0, 0.1) is 0 Å². The van der Waals surface area contributed by atoms with Gasteiger partial charge in [-0.1, -0.05) is 25.1 Å². The van der Waals surface area contributed by atoms with Crippen LogP contribution in [-0.2, 0) is 6.54 Å². The Kier molecular flexibility index (Phi) is 4.85. The second-order valence-corrected chi connectivity index (χ2v) is 5.45. The van der Waals surface area contributed by atoms with E-state index in [4.69, 9.17) is 9.52 Å². The normalized spacial score (nSPS) is 13.9. The van der Waals surface area contributed by atoms with Gasteiger partial charge in [-0.2, -0.15) is 0 Å². The highest BCUT2D eigenvalue weighted by atomic mass is 16.3. The summed E-state index contributed by atoms with van der Waals surface area (Å²) in [6.07, 6.45) is 1.28. The van der Waals surface area contributed by atoms with Crippen molar-refractivity contribution in [3.63, 3.8) is 0 Å². The molecule has 0 aliphatic carbocycles. The molecule has 0 aliphatic rings. The molecule has 1 heterocycles. The van der Waals surface area contributed by atoms with Crippen molar-refractivity contribution in [2.24, 2.45) is 0 Å². The zero-order chi connectivity index (χ0) is 15.3. The van der Waals surface area contributed by atoms with Crippen LogP contribution in [0.5, 0.6) is 0 Å². The third kappa shape index (κ3) is 3.98. The highest BCUT2D eigenvalue weighted by Crippen LogP contribution is 2.18. The number of nitrogens with one attached hydrogen (secondary N) is 2. The summed E-state index contributed by atoms with van der Waals surface area (Å²) in [6.45, 7) is 4.28. The number of aliphatic hydroxyl groups is 1. The summed E-state index contributed by atoms with van der Waals surface area (Å²) >= 11 is 0. The van der Waals surface area contributed by atoms with Crippen LogP contribution in [0.4, 0.5) is 4.79 Å². The first-order chi connectivity index (χ1) is 10.1. The topological polar surface area (TPSA) is 74.5 Å². The lowest BCUT2D eigenvalue weighted by molar-refractivity contribution is 0.200. The van der Waals surface area contributed by atoms with Crippen LogP contribution in [0.15, 0.2) is 34.7 Å². The molecular formula is C16H22N2O3. The molecule has 1 atom stereocenters. The van der Waals surface area contributed by atoms with Crippen molar-refractivity contribution in [1.82, 2.24) is 10.6 Å². The molecule has 1 aromatic carbocycles. The van der Waals surface area contributed by atoms with Crippen molar-refractivity contribution in [2.45, 2.75) is 38.8 Å². The molecule has 21 heavy (non-hydrogen) atoms. The molecule has 0 aliphatic heterocycles. The van der Waals surface area contributed by atoms with Crippen molar-refractivity contribution < 1.29 is 14.3 Å². The predicted molar refractivity (Wildman–Crippen MR) is 82.0 cm³/mol. The first kappa shape index (κ1) is 15.4. The van der Waals surface area contributed by atoms with Gasteiger partial charge >= 0.3 is 6.03 Å². The van der Waals surface area contributed by atoms with Gasteiger partial charge in [0.15, 0.2) is 0 Å². The minimum absolute atomic E-state index is 0.0498. The van der Waals surface area contributed by atoms with Crippen molar-refractivity contribution in [1.29, 1.82) is 0 Å². The number of fused-ring (bicyclic) bond motifs is 1. The fourth-order valence-corrected chi connectivity index (χ4v) is 2.18. The van der Waals surface area contributed by atoms with E-state index in [0.29, 0.717) is 18.7 Å². The number of aliphatic hydroxyl groups excluding tert-OH is 1. The van der Waals surface area contributed by atoms with E-state index >= 15 is 0 Å². The summed E-state index contributed by atoms with van der Waals surface area (Å²) in [6, 6.07) is 9.39. The van der Waals surface area contributed by atoms with Crippen LogP contribution < -0.4 is 10.6 Å². The molecule has 114 valence electrons. The maximum absolute atomic E-state index is 11.9. The van der Waals surface area contributed by atoms with Gasteiger partial charge in [0.2, 0.25) is 0 Å². The highest BCUT2D eigenvalue weighted by molar-refractivity contribution is 5.78. The summed E-state index contributed by atoms with van der Waals surface area (Å²) in [4.78, 5) is 11.9. The van der Waals surface area contributed by atoms with Crippen LogP contribution in [-0.4, -0.2) is 23.3 Å². The van der Waals surface area contributed by atoms with Crippen molar-refractivity contribution in [3.05, 3.63) is 36.1 Å². The lowest BCUT2D eigenvalue weighted by atomic mass is 9.95. The average molecular weight is 290 g/mol.